The molecule has 0 atom stereocenters. The summed E-state index contributed by atoms with van der Waals surface area (Å²) < 4.78 is 4.91. The molecule has 0 aliphatic heterocycles. The van der Waals surface area contributed by atoms with Crippen LogP contribution in [0.1, 0.15) is 5.56 Å². The van der Waals surface area contributed by atoms with Crippen molar-refractivity contribution in [3.63, 3.8) is 0 Å². The summed E-state index contributed by atoms with van der Waals surface area (Å²) in [6.45, 7) is 0. The number of hydrogen-bond acceptors (Lipinski definition) is 3. The fraction of sp³-hybridized carbons (Fsp3) is 0.125. The van der Waals surface area contributed by atoms with Crippen molar-refractivity contribution in [1.29, 1.82) is 5.26 Å². The fourth-order valence-corrected chi connectivity index (χ4v) is 0.693. The summed E-state index contributed by atoms with van der Waals surface area (Å²) in [5.74, 6) is 0.721. The summed E-state index contributed by atoms with van der Waals surface area (Å²) in [5, 5.41) is 8.45. The van der Waals surface area contributed by atoms with Gasteiger partial charge >= 0.3 is 35.3 Å². The van der Waals surface area contributed by atoms with Crippen molar-refractivity contribution in [2.45, 2.75) is 0 Å². The molecule has 0 radical (unpaired) electrons. The Morgan fingerprint density at radius 2 is 2.00 bits per heavy atom. The Bertz CT molecular complexity index is 291. The van der Waals surface area contributed by atoms with Crippen molar-refractivity contribution in [1.82, 2.24) is 6.15 Å². The Labute approximate surface area is 99.9 Å². The molecule has 0 aromatic heterocycles. The summed E-state index contributed by atoms with van der Waals surface area (Å²) in [5.41, 5.74) is 0.624. The molecule has 0 heterocycles. The van der Waals surface area contributed by atoms with Crippen LogP contribution in [-0.4, -0.2) is 7.11 Å². The molecule has 14 heavy (non-hydrogen) atoms. The molecule has 1 aromatic rings. The van der Waals surface area contributed by atoms with Crippen molar-refractivity contribution < 1.29 is 21.2 Å². The minimum atomic E-state index is -0.472. The number of hydrogen-bond donors (Lipinski definition) is 1. The van der Waals surface area contributed by atoms with Gasteiger partial charge < -0.3 is 10.9 Å². The van der Waals surface area contributed by atoms with Gasteiger partial charge in [0, 0.05) is 0 Å². The Balaban J connectivity index is 0. The predicted molar refractivity (Wildman–Crippen MR) is 54.4 cm³/mol. The number of rotatable bonds is 1. The first-order valence-electron chi connectivity index (χ1n) is 3.15. The van der Waals surface area contributed by atoms with Gasteiger partial charge in [-0.3, -0.25) is 0 Å². The van der Waals surface area contributed by atoms with Gasteiger partial charge in [0.1, 0.15) is 5.75 Å². The predicted octanol–water partition coefficient (Wildman–Crippen LogP) is 3.11. The first-order valence-corrected chi connectivity index (χ1v) is 8.78. The van der Waals surface area contributed by atoms with E-state index in [2.05, 4.69) is 0 Å². The van der Waals surface area contributed by atoms with Crippen molar-refractivity contribution >= 4 is 18.8 Å². The Kier molecular flexibility index (Phi) is 12.5. The average molecular weight is 416 g/mol. The summed E-state index contributed by atoms with van der Waals surface area (Å²) >= 11 is -0.472. The van der Waals surface area contributed by atoms with Gasteiger partial charge in [0.25, 0.3) is 0 Å². The van der Waals surface area contributed by atoms with Gasteiger partial charge in [0.15, 0.2) is 0 Å². The fourth-order valence-electron chi connectivity index (χ4n) is 0.693. The van der Waals surface area contributed by atoms with Gasteiger partial charge in [-0.2, -0.15) is 5.26 Å². The van der Waals surface area contributed by atoms with Crippen LogP contribution in [0, 0.1) is 11.3 Å². The van der Waals surface area contributed by atoms with Crippen LogP contribution < -0.4 is 10.9 Å². The normalized spacial score (nSPS) is 7.57. The standard InChI is InChI=1S/C8H7NO.2ClH.H3N.Pt/c1-10-8-4-2-3-7(5-8)6-9;;;;/h2-5H,1H3;2*1H;1H3;/q;;;;+2/p-2. The number of nitrogens with zero attached hydrogens (tertiary/aromatic N) is 1. The van der Waals surface area contributed by atoms with Crippen LogP contribution in [0.3, 0.4) is 0 Å². The van der Waals surface area contributed by atoms with E-state index in [1.807, 2.05) is 6.07 Å². The molecule has 0 aliphatic carbocycles. The molecular weight excluding hydrogens is 406 g/mol. The number of benzene rings is 1. The van der Waals surface area contributed by atoms with Crippen molar-refractivity contribution in [2.24, 2.45) is 0 Å². The third-order valence-electron chi connectivity index (χ3n) is 1.20. The molecule has 1 aromatic carbocycles. The van der Waals surface area contributed by atoms with Gasteiger partial charge in [-0.1, -0.05) is 6.07 Å². The van der Waals surface area contributed by atoms with E-state index in [4.69, 9.17) is 28.8 Å². The van der Waals surface area contributed by atoms with Gasteiger partial charge in [-0.15, -0.1) is 0 Å². The van der Waals surface area contributed by atoms with Crippen LogP contribution >= 0.6 is 18.8 Å². The molecule has 1 rings (SSSR count). The Hall–Kier alpha value is -0.262. The van der Waals surface area contributed by atoms with Crippen LogP contribution in [0.2, 0.25) is 0 Å². The molecule has 0 bridgehead atoms. The van der Waals surface area contributed by atoms with E-state index in [9.17, 15) is 0 Å². The summed E-state index contributed by atoms with van der Waals surface area (Å²) in [4.78, 5) is 0. The molecule has 0 spiro atoms. The number of ether oxygens (including phenoxy) is 1. The number of methoxy groups -OCH3 is 1. The zero-order valence-electron chi connectivity index (χ0n) is 7.44. The van der Waals surface area contributed by atoms with Gasteiger partial charge in [-0.25, -0.2) is 0 Å². The number of halogens is 2. The van der Waals surface area contributed by atoms with E-state index < -0.39 is 16.5 Å². The second-order valence-electron chi connectivity index (χ2n) is 1.89. The molecular formula is C8H10Cl2N2OPt. The molecule has 6 heteroatoms. The third-order valence-corrected chi connectivity index (χ3v) is 1.20. The zero-order chi connectivity index (χ0) is 10.1. The van der Waals surface area contributed by atoms with E-state index in [0.717, 1.165) is 5.75 Å². The van der Waals surface area contributed by atoms with E-state index in [1.165, 1.54) is 0 Å². The van der Waals surface area contributed by atoms with Crippen LogP contribution in [0.5, 0.6) is 5.75 Å². The summed E-state index contributed by atoms with van der Waals surface area (Å²) in [6.07, 6.45) is 0. The van der Waals surface area contributed by atoms with E-state index in [-0.39, 0.29) is 6.15 Å². The Morgan fingerprint density at radius 1 is 1.43 bits per heavy atom. The molecule has 0 saturated heterocycles. The van der Waals surface area contributed by atoms with Crippen LogP contribution in [0.4, 0.5) is 0 Å². The second-order valence-corrected chi connectivity index (χ2v) is 5.17. The summed E-state index contributed by atoms with van der Waals surface area (Å²) in [7, 11) is 11.3. The molecule has 3 nitrogen and oxygen atoms in total. The van der Waals surface area contributed by atoms with Gasteiger partial charge in [-0.05, 0) is 18.2 Å². The van der Waals surface area contributed by atoms with Crippen molar-refractivity contribution in [2.75, 3.05) is 7.11 Å². The van der Waals surface area contributed by atoms with E-state index in [1.54, 1.807) is 31.4 Å². The van der Waals surface area contributed by atoms with Crippen molar-refractivity contribution in [3.8, 4) is 11.8 Å². The topological polar surface area (TPSA) is 68.0 Å². The molecule has 0 fully saturated rings. The quantitative estimate of drug-likeness (QED) is 0.765. The van der Waals surface area contributed by atoms with Gasteiger partial charge in [0.2, 0.25) is 0 Å². The maximum absolute atomic E-state index is 8.45. The molecule has 0 saturated carbocycles. The first-order chi connectivity index (χ1) is 6.28. The monoisotopic (exact) mass is 415 g/mol. The third kappa shape index (κ3) is 7.17. The van der Waals surface area contributed by atoms with Crippen LogP contribution in [0.25, 0.3) is 0 Å². The SMILES string of the molecule is COc1cccc(C#N)c1.N.[Cl][Pt][Cl]. The minimum absolute atomic E-state index is 0. The molecule has 3 N–H and O–H groups in total. The molecule has 0 aliphatic rings. The van der Waals surface area contributed by atoms with Crippen LogP contribution in [0.15, 0.2) is 24.3 Å². The van der Waals surface area contributed by atoms with Crippen molar-refractivity contribution in [3.05, 3.63) is 29.8 Å². The van der Waals surface area contributed by atoms with Crippen LogP contribution in [-0.2, 0) is 16.5 Å². The molecule has 82 valence electrons. The maximum atomic E-state index is 8.45. The molecule has 0 unspecified atom stereocenters. The van der Waals surface area contributed by atoms with E-state index >= 15 is 0 Å². The average Bonchev–Trinajstić information content (AvgIpc) is 2.19. The first kappa shape index (κ1) is 16.2. The van der Waals surface area contributed by atoms with Gasteiger partial charge in [0.05, 0.1) is 18.7 Å². The zero-order valence-corrected chi connectivity index (χ0v) is 11.2. The summed E-state index contributed by atoms with van der Waals surface area (Å²) in [6, 6.07) is 9.05. The number of nitriles is 1. The van der Waals surface area contributed by atoms with E-state index in [0.29, 0.717) is 5.56 Å². The molecule has 0 amide bonds. The Morgan fingerprint density at radius 3 is 2.43 bits per heavy atom. The second kappa shape index (κ2) is 10.8.